The van der Waals surface area contributed by atoms with Crippen molar-refractivity contribution in [2.75, 3.05) is 18.9 Å². The van der Waals surface area contributed by atoms with E-state index in [0.29, 0.717) is 24.9 Å². The summed E-state index contributed by atoms with van der Waals surface area (Å²) in [6.07, 6.45) is 5.09. The van der Waals surface area contributed by atoms with Gasteiger partial charge in [0.15, 0.2) is 12.1 Å². The molecule has 0 spiro atoms. The van der Waals surface area contributed by atoms with Crippen molar-refractivity contribution in [1.82, 2.24) is 9.97 Å². The summed E-state index contributed by atoms with van der Waals surface area (Å²) >= 11 is 0. The summed E-state index contributed by atoms with van der Waals surface area (Å²) in [6, 6.07) is 9.66. The third kappa shape index (κ3) is 4.65. The maximum atomic E-state index is 5.62. The summed E-state index contributed by atoms with van der Waals surface area (Å²) in [5.41, 5.74) is 7.67. The van der Waals surface area contributed by atoms with Gasteiger partial charge in [-0.25, -0.2) is 9.97 Å². The SMILES string of the molecule is CCOC(OCC)c1ccc(/C=C/c2nccc(N)n2)cc1. The molecule has 0 saturated carbocycles. The quantitative estimate of drug-likeness (QED) is 0.794. The molecule has 5 heteroatoms. The van der Waals surface area contributed by atoms with Gasteiger partial charge in [0.05, 0.1) is 0 Å². The molecule has 2 aromatic rings. The third-order valence-electron chi connectivity index (χ3n) is 2.97. The van der Waals surface area contributed by atoms with E-state index in [1.807, 2.05) is 50.3 Å². The fraction of sp³-hybridized carbons (Fsp3) is 0.294. The number of ether oxygens (including phenoxy) is 2. The fourth-order valence-corrected chi connectivity index (χ4v) is 1.95. The molecule has 1 aromatic carbocycles. The Balaban J connectivity index is 2.08. The van der Waals surface area contributed by atoms with Gasteiger partial charge >= 0.3 is 0 Å². The number of nitrogens with two attached hydrogens (primary N) is 1. The highest BCUT2D eigenvalue weighted by molar-refractivity contribution is 5.67. The molecule has 22 heavy (non-hydrogen) atoms. The Bertz CT molecular complexity index is 606. The molecule has 5 nitrogen and oxygen atoms in total. The standard InChI is InChI=1S/C17H21N3O2/c1-3-21-17(22-4-2)14-8-5-13(6-9-14)7-10-16-19-12-11-15(18)20-16/h5-12,17H,3-4H2,1-2H3,(H2,18,19,20)/b10-7+. The van der Waals surface area contributed by atoms with Crippen molar-refractivity contribution in [3.8, 4) is 0 Å². The number of aromatic nitrogens is 2. The Labute approximate surface area is 130 Å². The Morgan fingerprint density at radius 3 is 2.32 bits per heavy atom. The number of hydrogen-bond acceptors (Lipinski definition) is 5. The molecule has 0 unspecified atom stereocenters. The van der Waals surface area contributed by atoms with E-state index in [0.717, 1.165) is 11.1 Å². The minimum Gasteiger partial charge on any atom is -0.384 e. The lowest BCUT2D eigenvalue weighted by atomic mass is 10.1. The maximum absolute atomic E-state index is 5.62. The molecule has 0 bridgehead atoms. The summed E-state index contributed by atoms with van der Waals surface area (Å²) < 4.78 is 11.2. The molecule has 0 radical (unpaired) electrons. The Kier molecular flexibility index (Phi) is 6.06. The van der Waals surface area contributed by atoms with E-state index in [1.165, 1.54) is 0 Å². The van der Waals surface area contributed by atoms with Crippen molar-refractivity contribution in [3.05, 3.63) is 53.5 Å². The largest absolute Gasteiger partial charge is 0.384 e. The molecular weight excluding hydrogens is 278 g/mol. The molecule has 1 heterocycles. The van der Waals surface area contributed by atoms with E-state index in [2.05, 4.69) is 9.97 Å². The first kappa shape index (κ1) is 16.1. The molecular formula is C17H21N3O2. The highest BCUT2D eigenvalue weighted by Crippen LogP contribution is 2.20. The predicted molar refractivity (Wildman–Crippen MR) is 87.8 cm³/mol. The molecule has 0 atom stereocenters. The molecule has 0 aliphatic heterocycles. The molecule has 1 aromatic heterocycles. The highest BCUT2D eigenvalue weighted by atomic mass is 16.7. The number of hydrogen-bond donors (Lipinski definition) is 1. The van der Waals surface area contributed by atoms with Gasteiger partial charge in [-0.15, -0.1) is 0 Å². The maximum Gasteiger partial charge on any atom is 0.183 e. The van der Waals surface area contributed by atoms with Crippen molar-refractivity contribution < 1.29 is 9.47 Å². The van der Waals surface area contributed by atoms with Crippen LogP contribution in [-0.2, 0) is 9.47 Å². The molecule has 0 fully saturated rings. The molecule has 0 aliphatic rings. The van der Waals surface area contributed by atoms with Crippen molar-refractivity contribution in [2.45, 2.75) is 20.1 Å². The van der Waals surface area contributed by atoms with Crippen LogP contribution in [0.25, 0.3) is 12.2 Å². The van der Waals surface area contributed by atoms with Gasteiger partial charge in [0.25, 0.3) is 0 Å². The van der Waals surface area contributed by atoms with Crippen LogP contribution in [0, 0.1) is 0 Å². The van der Waals surface area contributed by atoms with Gasteiger partial charge in [0.2, 0.25) is 0 Å². The lowest BCUT2D eigenvalue weighted by molar-refractivity contribution is -0.140. The zero-order chi connectivity index (χ0) is 15.8. The average Bonchev–Trinajstić information content (AvgIpc) is 2.53. The smallest absolute Gasteiger partial charge is 0.183 e. The second-order valence-electron chi connectivity index (χ2n) is 4.58. The third-order valence-corrected chi connectivity index (χ3v) is 2.97. The van der Waals surface area contributed by atoms with Gasteiger partial charge < -0.3 is 15.2 Å². The van der Waals surface area contributed by atoms with Crippen LogP contribution in [0.2, 0.25) is 0 Å². The molecule has 0 amide bonds. The number of rotatable bonds is 7. The van der Waals surface area contributed by atoms with Gasteiger partial charge in [-0.2, -0.15) is 0 Å². The van der Waals surface area contributed by atoms with E-state index in [1.54, 1.807) is 12.3 Å². The second kappa shape index (κ2) is 8.26. The molecule has 0 saturated heterocycles. The first-order chi connectivity index (χ1) is 10.7. The topological polar surface area (TPSA) is 70.3 Å². The second-order valence-corrected chi connectivity index (χ2v) is 4.58. The lowest BCUT2D eigenvalue weighted by Gasteiger charge is -2.17. The molecule has 2 rings (SSSR count). The van der Waals surface area contributed by atoms with Crippen molar-refractivity contribution >= 4 is 18.0 Å². The summed E-state index contributed by atoms with van der Waals surface area (Å²) in [5.74, 6) is 1.05. The number of nitrogens with zero attached hydrogens (tertiary/aromatic N) is 2. The first-order valence-electron chi connectivity index (χ1n) is 7.32. The van der Waals surface area contributed by atoms with Crippen LogP contribution in [0.4, 0.5) is 5.82 Å². The van der Waals surface area contributed by atoms with Gasteiger partial charge in [-0.1, -0.05) is 30.3 Å². The minimum atomic E-state index is -0.315. The summed E-state index contributed by atoms with van der Waals surface area (Å²) in [4.78, 5) is 8.25. The van der Waals surface area contributed by atoms with Crippen LogP contribution in [0.1, 0.15) is 37.1 Å². The molecule has 2 N–H and O–H groups in total. The van der Waals surface area contributed by atoms with Crippen molar-refractivity contribution in [2.24, 2.45) is 0 Å². The van der Waals surface area contributed by atoms with Crippen LogP contribution < -0.4 is 5.73 Å². The monoisotopic (exact) mass is 299 g/mol. The zero-order valence-corrected chi connectivity index (χ0v) is 12.9. The summed E-state index contributed by atoms with van der Waals surface area (Å²) in [5, 5.41) is 0. The minimum absolute atomic E-state index is 0.315. The summed E-state index contributed by atoms with van der Waals surface area (Å²) in [6.45, 7) is 5.13. The fourth-order valence-electron chi connectivity index (χ4n) is 1.95. The Morgan fingerprint density at radius 1 is 1.05 bits per heavy atom. The van der Waals surface area contributed by atoms with E-state index in [-0.39, 0.29) is 6.29 Å². The number of anilines is 1. The number of benzene rings is 1. The van der Waals surface area contributed by atoms with E-state index in [4.69, 9.17) is 15.2 Å². The molecule has 116 valence electrons. The summed E-state index contributed by atoms with van der Waals surface area (Å²) in [7, 11) is 0. The number of nitrogen functional groups attached to an aromatic ring is 1. The normalized spacial score (nSPS) is 11.4. The van der Waals surface area contributed by atoms with E-state index < -0.39 is 0 Å². The van der Waals surface area contributed by atoms with Gasteiger partial charge in [0.1, 0.15) is 5.82 Å². The van der Waals surface area contributed by atoms with E-state index in [9.17, 15) is 0 Å². The van der Waals surface area contributed by atoms with Crippen LogP contribution >= 0.6 is 0 Å². The highest BCUT2D eigenvalue weighted by Gasteiger charge is 2.10. The Morgan fingerprint density at radius 2 is 1.73 bits per heavy atom. The van der Waals surface area contributed by atoms with Crippen LogP contribution in [0.15, 0.2) is 36.5 Å². The Hall–Kier alpha value is -2.24. The van der Waals surface area contributed by atoms with Gasteiger partial charge in [-0.3, -0.25) is 0 Å². The zero-order valence-electron chi connectivity index (χ0n) is 12.9. The molecule has 0 aliphatic carbocycles. The van der Waals surface area contributed by atoms with Crippen LogP contribution in [0.5, 0.6) is 0 Å². The first-order valence-corrected chi connectivity index (χ1v) is 7.32. The van der Waals surface area contributed by atoms with Crippen molar-refractivity contribution in [3.63, 3.8) is 0 Å². The van der Waals surface area contributed by atoms with Gasteiger partial charge in [0, 0.05) is 25.0 Å². The van der Waals surface area contributed by atoms with E-state index >= 15 is 0 Å². The van der Waals surface area contributed by atoms with Crippen molar-refractivity contribution in [1.29, 1.82) is 0 Å². The lowest BCUT2D eigenvalue weighted by Crippen LogP contribution is -2.08. The van der Waals surface area contributed by atoms with Gasteiger partial charge in [-0.05, 0) is 31.6 Å². The van der Waals surface area contributed by atoms with Crippen LogP contribution in [0.3, 0.4) is 0 Å². The average molecular weight is 299 g/mol. The predicted octanol–water partition coefficient (Wildman–Crippen LogP) is 3.30. The van der Waals surface area contributed by atoms with Crippen LogP contribution in [-0.4, -0.2) is 23.2 Å².